The van der Waals surface area contributed by atoms with Crippen molar-refractivity contribution in [2.24, 2.45) is 0 Å². The van der Waals surface area contributed by atoms with E-state index in [1.165, 1.54) is 18.9 Å². The third-order valence-electron chi connectivity index (χ3n) is 2.74. The van der Waals surface area contributed by atoms with Crippen molar-refractivity contribution in [1.82, 2.24) is 10.2 Å². The Hall–Kier alpha value is -0.980. The number of nitrogens with zero attached hydrogens (tertiary/aromatic N) is 2. The topological polar surface area (TPSA) is 37.8 Å². The molecule has 0 amide bonds. The summed E-state index contributed by atoms with van der Waals surface area (Å²) in [6, 6.07) is 2.27. The second-order valence-electron chi connectivity index (χ2n) is 4.17. The van der Waals surface area contributed by atoms with Crippen LogP contribution < -0.4 is 5.32 Å². The van der Waals surface area contributed by atoms with Gasteiger partial charge in [-0.05, 0) is 30.7 Å². The third kappa shape index (κ3) is 3.76. The largest absolute Gasteiger partial charge is 0.435 e. The summed E-state index contributed by atoms with van der Waals surface area (Å²) in [5, 5.41) is 10.3. The predicted molar refractivity (Wildman–Crippen MR) is 65.6 cm³/mol. The highest BCUT2D eigenvalue weighted by Crippen LogP contribution is 2.27. The molecule has 0 bridgehead atoms. The molecule has 7 heteroatoms. The number of alkyl halides is 3. The maximum Gasteiger partial charge on any atom is 0.435 e. The second-order valence-corrected chi connectivity index (χ2v) is 5.58. The molecule has 1 fully saturated rings. The highest BCUT2D eigenvalue weighted by molar-refractivity contribution is 7.99. The summed E-state index contributed by atoms with van der Waals surface area (Å²) < 4.78 is 36.8. The number of rotatable bonds is 3. The average molecular weight is 277 g/mol. The van der Waals surface area contributed by atoms with E-state index in [0.717, 1.165) is 24.8 Å². The molecular formula is C11H14F3N3S. The molecule has 2 heterocycles. The van der Waals surface area contributed by atoms with Crippen LogP contribution in [0.5, 0.6) is 0 Å². The summed E-state index contributed by atoms with van der Waals surface area (Å²) >= 11 is 1.90. The molecule has 1 N–H and O–H groups in total. The van der Waals surface area contributed by atoms with Gasteiger partial charge in [0.2, 0.25) is 0 Å². The number of hydrogen-bond donors (Lipinski definition) is 1. The molecule has 1 saturated heterocycles. The Morgan fingerprint density at radius 1 is 1.28 bits per heavy atom. The minimum atomic E-state index is -4.43. The first-order valence-electron chi connectivity index (χ1n) is 5.82. The highest BCUT2D eigenvalue weighted by atomic mass is 32.2. The van der Waals surface area contributed by atoms with E-state index in [1.807, 2.05) is 11.8 Å². The van der Waals surface area contributed by atoms with E-state index in [1.54, 1.807) is 0 Å². The van der Waals surface area contributed by atoms with Crippen molar-refractivity contribution in [3.63, 3.8) is 0 Å². The Morgan fingerprint density at radius 2 is 2.11 bits per heavy atom. The minimum absolute atomic E-state index is 0.397. The van der Waals surface area contributed by atoms with Gasteiger partial charge in [0, 0.05) is 11.8 Å². The lowest BCUT2D eigenvalue weighted by atomic mass is 10.2. The molecule has 1 aromatic heterocycles. The number of halogens is 3. The molecule has 0 radical (unpaired) electrons. The second kappa shape index (κ2) is 5.77. The zero-order chi connectivity index (χ0) is 13.0. The predicted octanol–water partition coefficient (Wildman–Crippen LogP) is 3.19. The van der Waals surface area contributed by atoms with Gasteiger partial charge in [-0.15, -0.1) is 10.2 Å². The maximum atomic E-state index is 12.3. The molecular weight excluding hydrogens is 263 g/mol. The molecule has 3 nitrogen and oxygen atoms in total. The molecule has 0 aliphatic carbocycles. The van der Waals surface area contributed by atoms with Gasteiger partial charge in [0.1, 0.15) is 5.82 Å². The Kier molecular flexibility index (Phi) is 4.31. The Morgan fingerprint density at radius 3 is 2.67 bits per heavy atom. The van der Waals surface area contributed by atoms with Crippen LogP contribution in [-0.2, 0) is 6.18 Å². The highest BCUT2D eigenvalue weighted by Gasteiger charge is 2.32. The van der Waals surface area contributed by atoms with E-state index in [0.29, 0.717) is 11.1 Å². The van der Waals surface area contributed by atoms with Gasteiger partial charge in [0.05, 0.1) is 0 Å². The first-order valence-corrected chi connectivity index (χ1v) is 6.87. The van der Waals surface area contributed by atoms with Crippen LogP contribution in [-0.4, -0.2) is 27.7 Å². The van der Waals surface area contributed by atoms with Crippen LogP contribution >= 0.6 is 11.8 Å². The van der Waals surface area contributed by atoms with Gasteiger partial charge in [-0.3, -0.25) is 0 Å². The van der Waals surface area contributed by atoms with E-state index in [2.05, 4.69) is 15.5 Å². The van der Waals surface area contributed by atoms with Crippen molar-refractivity contribution in [1.29, 1.82) is 0 Å². The van der Waals surface area contributed by atoms with Crippen molar-refractivity contribution in [3.05, 3.63) is 17.8 Å². The molecule has 0 spiro atoms. The quantitative estimate of drug-likeness (QED) is 0.920. The third-order valence-corrected chi connectivity index (χ3v) is 4.14. The van der Waals surface area contributed by atoms with Gasteiger partial charge in [0.15, 0.2) is 5.69 Å². The summed E-state index contributed by atoms with van der Waals surface area (Å²) in [6.07, 6.45) is -0.810. The molecule has 0 saturated carbocycles. The lowest BCUT2D eigenvalue weighted by Crippen LogP contribution is -2.21. The van der Waals surface area contributed by atoms with Crippen LogP contribution in [0.4, 0.5) is 19.0 Å². The molecule has 1 aromatic rings. The molecule has 1 aliphatic heterocycles. The van der Waals surface area contributed by atoms with Gasteiger partial charge < -0.3 is 5.32 Å². The first-order chi connectivity index (χ1) is 8.55. The summed E-state index contributed by atoms with van der Waals surface area (Å²) in [4.78, 5) is 0. The van der Waals surface area contributed by atoms with Gasteiger partial charge in [-0.1, -0.05) is 6.42 Å². The zero-order valence-corrected chi connectivity index (χ0v) is 10.5. The SMILES string of the molecule is FC(F)(F)c1ccc(NCC2CCCCS2)nn1. The monoisotopic (exact) mass is 277 g/mol. The van der Waals surface area contributed by atoms with E-state index >= 15 is 0 Å². The Bertz CT molecular complexity index is 374. The fraction of sp³-hybridized carbons (Fsp3) is 0.636. The Labute approximate surface area is 108 Å². The number of hydrogen-bond acceptors (Lipinski definition) is 4. The number of aromatic nitrogens is 2. The van der Waals surface area contributed by atoms with E-state index < -0.39 is 11.9 Å². The maximum absolute atomic E-state index is 12.3. The van der Waals surface area contributed by atoms with Crippen LogP contribution in [0.25, 0.3) is 0 Å². The number of thioether (sulfide) groups is 1. The summed E-state index contributed by atoms with van der Waals surface area (Å²) in [6.45, 7) is 0.727. The van der Waals surface area contributed by atoms with Gasteiger partial charge >= 0.3 is 6.18 Å². The van der Waals surface area contributed by atoms with E-state index in [4.69, 9.17) is 0 Å². The molecule has 1 unspecified atom stereocenters. The van der Waals surface area contributed by atoms with Gasteiger partial charge in [-0.25, -0.2) is 0 Å². The molecule has 0 aromatic carbocycles. The van der Waals surface area contributed by atoms with Gasteiger partial charge in [-0.2, -0.15) is 24.9 Å². The van der Waals surface area contributed by atoms with Crippen LogP contribution in [0.2, 0.25) is 0 Å². The molecule has 1 aliphatic rings. The van der Waals surface area contributed by atoms with Crippen molar-refractivity contribution in [2.75, 3.05) is 17.6 Å². The fourth-order valence-corrected chi connectivity index (χ4v) is 3.00. The standard InChI is InChI=1S/C11H14F3N3S/c12-11(13,14)9-4-5-10(17-16-9)15-7-8-3-1-2-6-18-8/h4-5,8H,1-3,6-7H2,(H,15,17). The fourth-order valence-electron chi connectivity index (χ4n) is 1.76. The van der Waals surface area contributed by atoms with Crippen molar-refractivity contribution in [3.8, 4) is 0 Å². The first kappa shape index (κ1) is 13.5. The van der Waals surface area contributed by atoms with Crippen LogP contribution in [0, 0.1) is 0 Å². The molecule has 100 valence electrons. The number of nitrogens with one attached hydrogen (secondary N) is 1. The minimum Gasteiger partial charge on any atom is -0.367 e. The summed E-state index contributed by atoms with van der Waals surface area (Å²) in [7, 11) is 0. The smallest absolute Gasteiger partial charge is 0.367 e. The lowest BCUT2D eigenvalue weighted by Gasteiger charge is -2.21. The average Bonchev–Trinajstić information content (AvgIpc) is 2.37. The molecule has 1 atom stereocenters. The molecule has 2 rings (SSSR count). The van der Waals surface area contributed by atoms with Crippen LogP contribution in [0.1, 0.15) is 25.0 Å². The van der Waals surface area contributed by atoms with Crippen LogP contribution in [0.3, 0.4) is 0 Å². The number of anilines is 1. The molecule has 18 heavy (non-hydrogen) atoms. The Balaban J connectivity index is 1.86. The van der Waals surface area contributed by atoms with Crippen LogP contribution in [0.15, 0.2) is 12.1 Å². The van der Waals surface area contributed by atoms with Crippen molar-refractivity contribution >= 4 is 17.6 Å². The van der Waals surface area contributed by atoms with Crippen molar-refractivity contribution in [2.45, 2.75) is 30.7 Å². The zero-order valence-electron chi connectivity index (χ0n) is 9.70. The van der Waals surface area contributed by atoms with Crippen molar-refractivity contribution < 1.29 is 13.2 Å². The summed E-state index contributed by atoms with van der Waals surface area (Å²) in [5.74, 6) is 1.56. The lowest BCUT2D eigenvalue weighted by molar-refractivity contribution is -0.141. The summed E-state index contributed by atoms with van der Waals surface area (Å²) in [5.41, 5.74) is -0.958. The van der Waals surface area contributed by atoms with E-state index in [-0.39, 0.29) is 0 Å². The normalized spacial score (nSPS) is 20.7. The van der Waals surface area contributed by atoms with Gasteiger partial charge in [0.25, 0.3) is 0 Å². The van der Waals surface area contributed by atoms with E-state index in [9.17, 15) is 13.2 Å².